The standard InChI is InChI=1S/C30H32N2O6S/c1-8-38-28(36)26-17(3)31-29(39-26)32-23(18-9-11-19(12-10-18)30(4,5)6)22(25(34)27(32)35)24(33)21-14-13-20(37-7)15-16(21)2/h9-15,23,33H,8H2,1-7H3/b24-22+. The van der Waals surface area contributed by atoms with Crippen molar-refractivity contribution in [3.63, 3.8) is 0 Å². The Morgan fingerprint density at radius 1 is 1.10 bits per heavy atom. The van der Waals surface area contributed by atoms with Crippen LogP contribution in [0.2, 0.25) is 0 Å². The molecule has 3 aromatic rings. The number of amides is 1. The molecular formula is C30H32N2O6S. The van der Waals surface area contributed by atoms with Crippen molar-refractivity contribution in [2.45, 2.75) is 53.0 Å². The summed E-state index contributed by atoms with van der Waals surface area (Å²) in [6.45, 7) is 11.6. The second-order valence-corrected chi connectivity index (χ2v) is 11.3. The molecule has 1 N–H and O–H groups in total. The molecule has 9 heteroatoms. The Morgan fingerprint density at radius 2 is 1.77 bits per heavy atom. The number of anilines is 1. The average Bonchev–Trinajstić information content (AvgIpc) is 3.40. The average molecular weight is 549 g/mol. The molecule has 1 saturated heterocycles. The molecule has 39 heavy (non-hydrogen) atoms. The lowest BCUT2D eigenvalue weighted by Gasteiger charge is -2.25. The highest BCUT2D eigenvalue weighted by atomic mass is 32.1. The van der Waals surface area contributed by atoms with Crippen molar-refractivity contribution in [2.75, 3.05) is 18.6 Å². The van der Waals surface area contributed by atoms with Gasteiger partial charge in [-0.2, -0.15) is 0 Å². The van der Waals surface area contributed by atoms with E-state index in [1.165, 1.54) is 4.90 Å². The quantitative estimate of drug-likeness (QED) is 0.178. The normalized spacial score (nSPS) is 17.0. The molecular weight excluding hydrogens is 516 g/mol. The predicted molar refractivity (Wildman–Crippen MR) is 150 cm³/mol. The zero-order valence-electron chi connectivity index (χ0n) is 23.1. The minimum atomic E-state index is -0.957. The van der Waals surface area contributed by atoms with Gasteiger partial charge in [-0.15, -0.1) is 0 Å². The van der Waals surface area contributed by atoms with Crippen LogP contribution in [0, 0.1) is 13.8 Å². The number of carbonyl (C=O) groups is 3. The molecule has 1 unspecified atom stereocenters. The van der Waals surface area contributed by atoms with Crippen molar-refractivity contribution >= 4 is 39.9 Å². The van der Waals surface area contributed by atoms with Crippen LogP contribution in [0.4, 0.5) is 5.13 Å². The lowest BCUT2D eigenvalue weighted by atomic mass is 9.85. The van der Waals surface area contributed by atoms with Crippen molar-refractivity contribution < 1.29 is 29.0 Å². The molecule has 1 fully saturated rings. The van der Waals surface area contributed by atoms with Gasteiger partial charge in [-0.3, -0.25) is 14.5 Å². The summed E-state index contributed by atoms with van der Waals surface area (Å²) in [6.07, 6.45) is 0. The molecule has 2 heterocycles. The number of benzene rings is 2. The van der Waals surface area contributed by atoms with Crippen molar-refractivity contribution in [2.24, 2.45) is 0 Å². The van der Waals surface area contributed by atoms with Gasteiger partial charge < -0.3 is 14.6 Å². The molecule has 1 aromatic heterocycles. The number of ketones is 1. The zero-order chi connectivity index (χ0) is 28.6. The van der Waals surface area contributed by atoms with Crippen LogP contribution in [0.1, 0.15) is 71.4 Å². The number of esters is 1. The van der Waals surface area contributed by atoms with Gasteiger partial charge in [0.15, 0.2) is 5.13 Å². The minimum absolute atomic E-state index is 0.0534. The first-order valence-electron chi connectivity index (χ1n) is 12.6. The van der Waals surface area contributed by atoms with Crippen LogP contribution < -0.4 is 9.64 Å². The summed E-state index contributed by atoms with van der Waals surface area (Å²) in [7, 11) is 1.54. The van der Waals surface area contributed by atoms with Crippen LogP contribution >= 0.6 is 11.3 Å². The molecule has 1 aliphatic rings. The summed E-state index contributed by atoms with van der Waals surface area (Å²) in [6, 6.07) is 11.7. The van der Waals surface area contributed by atoms with Crippen molar-refractivity contribution in [1.82, 2.24) is 4.98 Å². The number of thiazole rings is 1. The maximum atomic E-state index is 13.5. The van der Waals surface area contributed by atoms with E-state index < -0.39 is 23.7 Å². The summed E-state index contributed by atoms with van der Waals surface area (Å²) >= 11 is 0.981. The smallest absolute Gasteiger partial charge is 0.350 e. The van der Waals surface area contributed by atoms with Crippen LogP contribution in [0.15, 0.2) is 48.0 Å². The number of hydrogen-bond donors (Lipinski definition) is 1. The molecule has 1 atom stereocenters. The molecule has 0 bridgehead atoms. The van der Waals surface area contributed by atoms with Crippen LogP contribution in [0.5, 0.6) is 5.75 Å². The Bertz CT molecular complexity index is 1480. The van der Waals surface area contributed by atoms with E-state index in [1.54, 1.807) is 46.1 Å². The van der Waals surface area contributed by atoms with Crippen LogP contribution in [0.3, 0.4) is 0 Å². The van der Waals surface area contributed by atoms with Gasteiger partial charge in [0.1, 0.15) is 16.4 Å². The van der Waals surface area contributed by atoms with Gasteiger partial charge in [0, 0.05) is 5.56 Å². The number of Topliss-reactive ketones (excluding diaryl/α,β-unsaturated/α-hetero) is 1. The van der Waals surface area contributed by atoms with Crippen molar-refractivity contribution in [1.29, 1.82) is 0 Å². The van der Waals surface area contributed by atoms with Gasteiger partial charge in [0.05, 0.1) is 31.0 Å². The van der Waals surface area contributed by atoms with Crippen LogP contribution in [-0.4, -0.2) is 41.5 Å². The monoisotopic (exact) mass is 548 g/mol. The second kappa shape index (κ2) is 10.6. The van der Waals surface area contributed by atoms with E-state index in [0.29, 0.717) is 28.1 Å². The fraction of sp³-hybridized carbons (Fsp3) is 0.333. The second-order valence-electron chi connectivity index (χ2n) is 10.4. The summed E-state index contributed by atoms with van der Waals surface area (Å²) in [5.74, 6) is -1.91. The number of ether oxygens (including phenoxy) is 2. The number of aliphatic hydroxyl groups excluding tert-OH is 1. The Labute approximate surface area is 231 Å². The van der Waals surface area contributed by atoms with E-state index in [-0.39, 0.29) is 33.4 Å². The number of rotatable bonds is 6. The first kappa shape index (κ1) is 28.0. The third-order valence-electron chi connectivity index (χ3n) is 6.68. The van der Waals surface area contributed by atoms with Gasteiger partial charge in [-0.05, 0) is 61.1 Å². The molecule has 8 nitrogen and oxygen atoms in total. The molecule has 204 valence electrons. The first-order chi connectivity index (χ1) is 18.4. The molecule has 1 aliphatic heterocycles. The van der Waals surface area contributed by atoms with Crippen LogP contribution in [-0.2, 0) is 19.7 Å². The summed E-state index contributed by atoms with van der Waals surface area (Å²) in [5, 5.41) is 11.7. The van der Waals surface area contributed by atoms with Gasteiger partial charge in [-0.1, -0.05) is 56.4 Å². The topological polar surface area (TPSA) is 106 Å². The third kappa shape index (κ3) is 5.18. The lowest BCUT2D eigenvalue weighted by Crippen LogP contribution is -2.29. The predicted octanol–water partition coefficient (Wildman–Crippen LogP) is 5.87. The summed E-state index contributed by atoms with van der Waals surface area (Å²) < 4.78 is 10.4. The van der Waals surface area contributed by atoms with E-state index >= 15 is 0 Å². The number of hydrogen-bond acceptors (Lipinski definition) is 8. The van der Waals surface area contributed by atoms with Gasteiger partial charge in [-0.25, -0.2) is 9.78 Å². The fourth-order valence-electron chi connectivity index (χ4n) is 4.56. The molecule has 1 amide bonds. The molecule has 0 radical (unpaired) electrons. The van der Waals surface area contributed by atoms with Crippen molar-refractivity contribution in [3.05, 3.63) is 80.9 Å². The minimum Gasteiger partial charge on any atom is -0.507 e. The van der Waals surface area contributed by atoms with E-state index in [1.807, 2.05) is 24.3 Å². The molecule has 2 aromatic carbocycles. The van der Waals surface area contributed by atoms with Gasteiger partial charge >= 0.3 is 11.9 Å². The van der Waals surface area contributed by atoms with E-state index in [9.17, 15) is 19.5 Å². The fourth-order valence-corrected chi connectivity index (χ4v) is 5.54. The first-order valence-corrected chi connectivity index (χ1v) is 13.4. The zero-order valence-corrected chi connectivity index (χ0v) is 23.9. The van der Waals surface area contributed by atoms with Crippen molar-refractivity contribution in [3.8, 4) is 5.75 Å². The van der Waals surface area contributed by atoms with Gasteiger partial charge in [0.25, 0.3) is 5.78 Å². The highest BCUT2D eigenvalue weighted by Gasteiger charge is 2.48. The molecule has 0 saturated carbocycles. The Kier molecular flexibility index (Phi) is 7.66. The summed E-state index contributed by atoms with van der Waals surface area (Å²) in [5.41, 5.74) is 3.01. The van der Waals surface area contributed by atoms with Gasteiger partial charge in [0.2, 0.25) is 0 Å². The maximum Gasteiger partial charge on any atom is 0.350 e. The number of carbonyl (C=O) groups excluding carboxylic acids is 3. The van der Waals surface area contributed by atoms with E-state index in [0.717, 1.165) is 16.9 Å². The summed E-state index contributed by atoms with van der Waals surface area (Å²) in [4.78, 5) is 45.5. The lowest BCUT2D eigenvalue weighted by molar-refractivity contribution is -0.132. The molecule has 4 rings (SSSR count). The number of methoxy groups -OCH3 is 1. The third-order valence-corrected chi connectivity index (χ3v) is 7.81. The SMILES string of the molecule is CCOC(=O)c1sc(N2C(=O)C(=O)/C(=C(/O)c3ccc(OC)cc3C)C2c2ccc(C(C)(C)C)cc2)nc1C. The highest BCUT2D eigenvalue weighted by Crippen LogP contribution is 2.44. The Morgan fingerprint density at radius 3 is 2.33 bits per heavy atom. The Hall–Kier alpha value is -3.98. The number of aryl methyl sites for hydroxylation is 2. The van der Waals surface area contributed by atoms with Crippen LogP contribution in [0.25, 0.3) is 5.76 Å². The number of aromatic nitrogens is 1. The molecule has 0 aliphatic carbocycles. The number of nitrogens with zero attached hydrogens (tertiary/aromatic N) is 2. The Balaban J connectivity index is 1.93. The van der Waals surface area contributed by atoms with E-state index in [4.69, 9.17) is 9.47 Å². The van der Waals surface area contributed by atoms with E-state index in [2.05, 4.69) is 25.8 Å². The number of aliphatic hydroxyl groups is 1. The largest absolute Gasteiger partial charge is 0.507 e. The highest BCUT2D eigenvalue weighted by molar-refractivity contribution is 7.17. The molecule has 0 spiro atoms. The maximum absolute atomic E-state index is 13.5.